The molecule has 0 fully saturated rings. The van der Waals surface area contributed by atoms with E-state index in [2.05, 4.69) is 60.3 Å². The Hall–Kier alpha value is -2.09. The van der Waals surface area contributed by atoms with E-state index in [0.717, 1.165) is 17.5 Å². The molecule has 2 heterocycles. The van der Waals surface area contributed by atoms with Crippen LogP contribution in [0.3, 0.4) is 0 Å². The molecule has 19 heavy (non-hydrogen) atoms. The lowest BCUT2D eigenvalue weighted by atomic mass is 9.75. The number of rotatable bonds is 3. The Kier molecular flexibility index (Phi) is 2.86. The highest BCUT2D eigenvalue weighted by Gasteiger charge is 2.29. The van der Waals surface area contributed by atoms with Crippen LogP contribution >= 0.6 is 0 Å². The van der Waals surface area contributed by atoms with E-state index in [1.807, 2.05) is 18.3 Å². The number of aromatic nitrogens is 2. The molecule has 0 bridgehead atoms. The predicted octanol–water partition coefficient (Wildman–Crippen LogP) is 4.09. The second kappa shape index (κ2) is 4.54. The van der Waals surface area contributed by atoms with Crippen molar-refractivity contribution in [1.29, 1.82) is 0 Å². The van der Waals surface area contributed by atoms with Gasteiger partial charge < -0.3 is 4.98 Å². The van der Waals surface area contributed by atoms with Crippen molar-refractivity contribution in [3.8, 4) is 0 Å². The van der Waals surface area contributed by atoms with Crippen LogP contribution in [0, 0.1) is 6.92 Å². The molecule has 2 heteroatoms. The molecule has 0 saturated carbocycles. The van der Waals surface area contributed by atoms with Crippen molar-refractivity contribution in [1.82, 2.24) is 9.97 Å². The third-order valence-corrected chi connectivity index (χ3v) is 3.94. The average Bonchev–Trinajstić information content (AvgIpc) is 2.92. The second-order valence-corrected chi connectivity index (χ2v) is 5.05. The van der Waals surface area contributed by atoms with Gasteiger partial charge in [0.2, 0.25) is 0 Å². The fourth-order valence-electron chi connectivity index (χ4n) is 2.62. The zero-order chi connectivity index (χ0) is 13.3. The van der Waals surface area contributed by atoms with Gasteiger partial charge in [0.15, 0.2) is 0 Å². The minimum absolute atomic E-state index is 0.117. The standard InChI is InChI=1S/C17H17N2/c1-3-17(2,13-8-5-4-6-9-13)14-12-19-15-10-7-11-18-16(14)15/h4-12,19H,1,3H2,2H3. The Morgan fingerprint density at radius 1 is 1.16 bits per heavy atom. The van der Waals surface area contributed by atoms with Crippen LogP contribution in [0.2, 0.25) is 0 Å². The van der Waals surface area contributed by atoms with Crippen LogP contribution in [0.4, 0.5) is 0 Å². The van der Waals surface area contributed by atoms with Crippen LogP contribution in [0.5, 0.6) is 0 Å². The van der Waals surface area contributed by atoms with Gasteiger partial charge >= 0.3 is 0 Å². The molecule has 2 nitrogen and oxygen atoms in total. The first-order valence-corrected chi connectivity index (χ1v) is 6.53. The van der Waals surface area contributed by atoms with Crippen LogP contribution in [0.15, 0.2) is 54.9 Å². The van der Waals surface area contributed by atoms with Gasteiger partial charge in [0.1, 0.15) is 0 Å². The highest BCUT2D eigenvalue weighted by Crippen LogP contribution is 2.37. The molecule has 0 aliphatic heterocycles. The summed E-state index contributed by atoms with van der Waals surface area (Å²) < 4.78 is 0. The van der Waals surface area contributed by atoms with Gasteiger partial charge in [-0.2, -0.15) is 0 Å². The number of hydrogen-bond donors (Lipinski definition) is 1. The number of fused-ring (bicyclic) bond motifs is 1. The zero-order valence-electron chi connectivity index (χ0n) is 11.1. The molecule has 3 rings (SSSR count). The summed E-state index contributed by atoms with van der Waals surface area (Å²) in [5.41, 5.74) is 4.49. The molecule has 95 valence electrons. The van der Waals surface area contributed by atoms with Crippen molar-refractivity contribution >= 4 is 11.0 Å². The van der Waals surface area contributed by atoms with Gasteiger partial charge in [0, 0.05) is 23.4 Å². The summed E-state index contributed by atoms with van der Waals surface area (Å²) in [6.07, 6.45) is 4.70. The number of hydrogen-bond acceptors (Lipinski definition) is 1. The van der Waals surface area contributed by atoms with Crippen molar-refractivity contribution in [2.24, 2.45) is 0 Å². The molecule has 1 aromatic carbocycles. The zero-order valence-corrected chi connectivity index (χ0v) is 11.1. The Morgan fingerprint density at radius 3 is 2.68 bits per heavy atom. The van der Waals surface area contributed by atoms with Crippen molar-refractivity contribution in [2.45, 2.75) is 18.8 Å². The molecule has 3 aromatic rings. The number of nitrogens with zero attached hydrogens (tertiary/aromatic N) is 1. The van der Waals surface area contributed by atoms with Crippen LogP contribution < -0.4 is 0 Å². The Balaban J connectivity index is 2.22. The van der Waals surface area contributed by atoms with E-state index in [1.54, 1.807) is 0 Å². The summed E-state index contributed by atoms with van der Waals surface area (Å²) >= 11 is 0. The maximum Gasteiger partial charge on any atom is 0.0919 e. The maximum atomic E-state index is 4.52. The van der Waals surface area contributed by atoms with Crippen molar-refractivity contribution in [3.63, 3.8) is 0 Å². The van der Waals surface area contributed by atoms with E-state index in [1.165, 1.54) is 11.1 Å². The number of pyridine rings is 1. The van der Waals surface area contributed by atoms with Crippen molar-refractivity contribution < 1.29 is 0 Å². The Labute approximate surface area is 113 Å². The van der Waals surface area contributed by atoms with E-state index in [0.29, 0.717) is 0 Å². The van der Waals surface area contributed by atoms with Gasteiger partial charge in [-0.1, -0.05) is 44.2 Å². The third-order valence-electron chi connectivity index (χ3n) is 3.94. The van der Waals surface area contributed by atoms with Gasteiger partial charge in [0.05, 0.1) is 11.0 Å². The molecule has 1 atom stereocenters. The molecule has 0 saturated heterocycles. The topological polar surface area (TPSA) is 28.7 Å². The molecule has 2 aromatic heterocycles. The van der Waals surface area contributed by atoms with Gasteiger partial charge in [-0.05, 0) is 24.1 Å². The van der Waals surface area contributed by atoms with Gasteiger partial charge in [-0.3, -0.25) is 4.98 Å². The average molecular weight is 249 g/mol. The fourth-order valence-corrected chi connectivity index (χ4v) is 2.62. The highest BCUT2D eigenvalue weighted by atomic mass is 14.8. The Morgan fingerprint density at radius 2 is 1.95 bits per heavy atom. The molecular weight excluding hydrogens is 232 g/mol. The SMILES string of the molecule is [CH2]CC(C)(c1ccccc1)c1c[nH]c2cccnc12. The van der Waals surface area contributed by atoms with Crippen LogP contribution in [-0.4, -0.2) is 9.97 Å². The van der Waals surface area contributed by atoms with Gasteiger partial charge in [-0.25, -0.2) is 0 Å². The maximum absolute atomic E-state index is 4.52. The number of benzene rings is 1. The van der Waals surface area contributed by atoms with Crippen molar-refractivity contribution in [3.05, 3.63) is 72.9 Å². The summed E-state index contributed by atoms with van der Waals surface area (Å²) in [6, 6.07) is 14.5. The summed E-state index contributed by atoms with van der Waals surface area (Å²) in [5.74, 6) is 0. The summed E-state index contributed by atoms with van der Waals surface area (Å²) in [7, 11) is 0. The minimum atomic E-state index is -0.117. The van der Waals surface area contributed by atoms with E-state index in [4.69, 9.17) is 0 Å². The van der Waals surface area contributed by atoms with Gasteiger partial charge in [-0.15, -0.1) is 0 Å². The van der Waals surface area contributed by atoms with Gasteiger partial charge in [0.25, 0.3) is 0 Å². The van der Waals surface area contributed by atoms with Crippen LogP contribution in [-0.2, 0) is 5.41 Å². The van der Waals surface area contributed by atoms with E-state index in [9.17, 15) is 0 Å². The summed E-state index contributed by atoms with van der Waals surface area (Å²) in [4.78, 5) is 7.83. The van der Waals surface area contributed by atoms with E-state index in [-0.39, 0.29) is 5.41 Å². The molecule has 0 spiro atoms. The first kappa shape index (κ1) is 12.0. The largest absolute Gasteiger partial charge is 0.360 e. The molecule has 1 N–H and O–H groups in total. The molecule has 1 unspecified atom stereocenters. The lowest BCUT2D eigenvalue weighted by Gasteiger charge is -2.28. The van der Waals surface area contributed by atoms with Crippen molar-refractivity contribution in [2.75, 3.05) is 0 Å². The second-order valence-electron chi connectivity index (χ2n) is 5.05. The number of aromatic amines is 1. The number of H-pyrrole nitrogens is 1. The first-order chi connectivity index (χ1) is 9.25. The molecule has 1 radical (unpaired) electrons. The lowest BCUT2D eigenvalue weighted by molar-refractivity contribution is 0.582. The van der Waals surface area contributed by atoms with Crippen LogP contribution in [0.25, 0.3) is 11.0 Å². The predicted molar refractivity (Wildman–Crippen MR) is 79.0 cm³/mol. The first-order valence-electron chi connectivity index (χ1n) is 6.53. The smallest absolute Gasteiger partial charge is 0.0919 e. The third kappa shape index (κ3) is 1.84. The quantitative estimate of drug-likeness (QED) is 0.744. The van der Waals surface area contributed by atoms with E-state index >= 15 is 0 Å². The minimum Gasteiger partial charge on any atom is -0.360 e. The molecular formula is C17H17N2. The molecule has 0 aliphatic carbocycles. The molecule has 0 amide bonds. The monoisotopic (exact) mass is 249 g/mol. The lowest BCUT2D eigenvalue weighted by Crippen LogP contribution is -2.22. The summed E-state index contributed by atoms with van der Waals surface area (Å²) in [6.45, 7) is 6.38. The number of nitrogens with one attached hydrogen (secondary N) is 1. The van der Waals surface area contributed by atoms with E-state index < -0.39 is 0 Å². The highest BCUT2D eigenvalue weighted by molar-refractivity contribution is 5.80. The normalized spacial score (nSPS) is 14.4. The molecule has 0 aliphatic rings. The Bertz CT molecular complexity index is 685. The van der Waals surface area contributed by atoms with Crippen LogP contribution in [0.1, 0.15) is 24.5 Å². The summed E-state index contributed by atoms with van der Waals surface area (Å²) in [5, 5.41) is 0. The fraction of sp³-hybridized carbons (Fsp3) is 0.176.